The lowest BCUT2D eigenvalue weighted by atomic mass is 10.0. The van der Waals surface area contributed by atoms with Crippen molar-refractivity contribution in [3.63, 3.8) is 0 Å². The van der Waals surface area contributed by atoms with E-state index in [9.17, 15) is 39.0 Å². The molecule has 2 aromatic rings. The van der Waals surface area contributed by atoms with Gasteiger partial charge < -0.3 is 46.7 Å². The van der Waals surface area contributed by atoms with E-state index in [1.54, 1.807) is 0 Å². The van der Waals surface area contributed by atoms with E-state index in [0.717, 1.165) is 43.2 Å². The summed E-state index contributed by atoms with van der Waals surface area (Å²) in [6, 6.07) is 0.964. The molecule has 5 amide bonds. The first kappa shape index (κ1) is 40.6. The van der Waals surface area contributed by atoms with Crippen LogP contribution in [0.2, 0.25) is 0 Å². The van der Waals surface area contributed by atoms with Crippen LogP contribution in [0.1, 0.15) is 46.1 Å². The molecule has 2 aliphatic heterocycles. The molecule has 1 aromatic carbocycles. The van der Waals surface area contributed by atoms with Crippen molar-refractivity contribution in [1.29, 1.82) is 0 Å². The number of aliphatic hydroxyl groups excluding tert-OH is 1. The smallest absolute Gasteiger partial charge is 0.327 e. The van der Waals surface area contributed by atoms with Gasteiger partial charge in [-0.2, -0.15) is 0 Å². The summed E-state index contributed by atoms with van der Waals surface area (Å²) < 4.78 is 0. The number of nitrogens with one attached hydrogen (secondary N) is 6. The van der Waals surface area contributed by atoms with Crippen LogP contribution in [0, 0.1) is 5.92 Å². The van der Waals surface area contributed by atoms with Gasteiger partial charge in [-0.05, 0) is 64.4 Å². The number of para-hydroxylation sites is 1. The van der Waals surface area contributed by atoms with Crippen molar-refractivity contribution >= 4 is 58.2 Å². The number of aromatic amines is 1. The molecule has 0 radical (unpaired) electrons. The normalized spacial score (nSPS) is 25.8. The molecule has 1 fully saturated rings. The van der Waals surface area contributed by atoms with Crippen LogP contribution in [0.4, 0.5) is 0 Å². The number of carboxylic acid groups (broad SMARTS) is 1. The number of carboxylic acids is 1. The highest BCUT2D eigenvalue weighted by Crippen LogP contribution is 2.31. The van der Waals surface area contributed by atoms with E-state index in [0.29, 0.717) is 22.7 Å². The largest absolute Gasteiger partial charge is 0.480 e. The Balaban J connectivity index is 1.74. The Kier molecular flexibility index (Phi) is 14.5. The van der Waals surface area contributed by atoms with E-state index in [1.165, 1.54) is 13.8 Å². The summed E-state index contributed by atoms with van der Waals surface area (Å²) in [7, 11) is 2.03. The predicted molar refractivity (Wildman–Crippen MR) is 195 cm³/mol. The summed E-state index contributed by atoms with van der Waals surface area (Å²) in [5, 5.41) is 34.8. The molecular formula is C35H52N8O8S. The Morgan fingerprint density at radius 3 is 2.37 bits per heavy atom. The van der Waals surface area contributed by atoms with Gasteiger partial charge in [0.05, 0.1) is 17.7 Å². The van der Waals surface area contributed by atoms with Crippen LogP contribution >= 0.6 is 11.8 Å². The highest BCUT2D eigenvalue weighted by atomic mass is 32.2. The van der Waals surface area contributed by atoms with E-state index < -0.39 is 65.9 Å². The number of thioether (sulfide) groups is 1. The van der Waals surface area contributed by atoms with Gasteiger partial charge in [-0.15, -0.1) is 11.8 Å². The molecule has 286 valence electrons. The molecule has 0 aliphatic carbocycles. The van der Waals surface area contributed by atoms with Crippen LogP contribution in [0.3, 0.4) is 0 Å². The molecule has 8 N–H and O–H groups in total. The van der Waals surface area contributed by atoms with Crippen molar-refractivity contribution in [3.8, 4) is 0 Å². The van der Waals surface area contributed by atoms with Gasteiger partial charge >= 0.3 is 5.97 Å². The molecule has 17 heteroatoms. The molecule has 0 spiro atoms. The predicted octanol–water partition coefficient (Wildman–Crippen LogP) is -0.591. The summed E-state index contributed by atoms with van der Waals surface area (Å²) >= 11 is 1.11. The average Bonchev–Trinajstić information content (AvgIpc) is 3.29. The fourth-order valence-electron chi connectivity index (χ4n) is 6.26. The summed E-state index contributed by atoms with van der Waals surface area (Å²) in [6.07, 6.45) is -0.294. The van der Waals surface area contributed by atoms with Crippen LogP contribution in [0.5, 0.6) is 0 Å². The van der Waals surface area contributed by atoms with Gasteiger partial charge in [0.2, 0.25) is 29.5 Å². The number of likely N-dealkylation sites (N-methyl/N-ethyl adjacent to an activating group) is 1. The Hall–Kier alpha value is -4.19. The first-order chi connectivity index (χ1) is 24.6. The number of hydrogen-bond donors (Lipinski definition) is 8. The number of benzene rings is 1. The molecule has 3 heterocycles. The molecule has 0 saturated carbocycles. The molecular weight excluding hydrogens is 693 g/mol. The van der Waals surface area contributed by atoms with Crippen molar-refractivity contribution < 1.29 is 39.0 Å². The number of carbonyl (C=O) groups excluding carboxylic acids is 5. The maximum absolute atomic E-state index is 14.2. The lowest BCUT2D eigenvalue weighted by Crippen LogP contribution is -2.60. The lowest BCUT2D eigenvalue weighted by Gasteiger charge is -2.28. The second-order valence-electron chi connectivity index (χ2n) is 14.1. The Morgan fingerprint density at radius 1 is 0.942 bits per heavy atom. The van der Waals surface area contributed by atoms with Crippen molar-refractivity contribution in [3.05, 3.63) is 29.8 Å². The number of aliphatic carboxylic acids is 1. The van der Waals surface area contributed by atoms with Gasteiger partial charge in [0.1, 0.15) is 30.2 Å². The fraction of sp³-hybridized carbons (Fsp3) is 0.600. The summed E-state index contributed by atoms with van der Waals surface area (Å²) in [5.41, 5.74) is 1.35. The first-order valence-electron chi connectivity index (χ1n) is 17.7. The fourth-order valence-corrected chi connectivity index (χ4v) is 7.37. The van der Waals surface area contributed by atoms with Crippen molar-refractivity contribution in [2.24, 2.45) is 5.92 Å². The third kappa shape index (κ3) is 11.2. The van der Waals surface area contributed by atoms with E-state index >= 15 is 0 Å². The summed E-state index contributed by atoms with van der Waals surface area (Å²) in [4.78, 5) is 87.6. The molecule has 16 nitrogen and oxygen atoms in total. The van der Waals surface area contributed by atoms with Crippen molar-refractivity contribution in [2.45, 2.75) is 88.3 Å². The van der Waals surface area contributed by atoms with Crippen LogP contribution in [0.15, 0.2) is 29.3 Å². The number of fused-ring (bicyclic) bond motifs is 3. The number of nitrogens with zero attached hydrogens (tertiary/aromatic N) is 2. The lowest BCUT2D eigenvalue weighted by molar-refractivity contribution is -0.142. The molecule has 0 unspecified atom stereocenters. The Labute approximate surface area is 307 Å². The third-order valence-corrected chi connectivity index (χ3v) is 10.3. The van der Waals surface area contributed by atoms with Gasteiger partial charge in [0, 0.05) is 36.2 Å². The zero-order valence-corrected chi connectivity index (χ0v) is 31.2. The van der Waals surface area contributed by atoms with Crippen molar-refractivity contribution in [2.75, 3.05) is 45.5 Å². The van der Waals surface area contributed by atoms with Gasteiger partial charge in [-0.25, -0.2) is 4.79 Å². The Morgan fingerprint density at radius 2 is 1.67 bits per heavy atom. The monoisotopic (exact) mass is 744 g/mol. The highest BCUT2D eigenvalue weighted by Gasteiger charge is 2.34. The van der Waals surface area contributed by atoms with Gasteiger partial charge in [-0.1, -0.05) is 32.0 Å². The Bertz CT molecular complexity index is 1620. The maximum atomic E-state index is 14.2. The second-order valence-corrected chi connectivity index (χ2v) is 15.1. The first-order valence-corrected chi connectivity index (χ1v) is 18.7. The summed E-state index contributed by atoms with van der Waals surface area (Å²) in [5.74, 6) is -4.89. The number of carbonyl (C=O) groups is 6. The number of hydrogen-bond acceptors (Lipinski definition) is 10. The number of amides is 5. The second kappa shape index (κ2) is 18.5. The minimum Gasteiger partial charge on any atom is -0.480 e. The topological polar surface area (TPSA) is 225 Å². The molecule has 1 saturated heterocycles. The molecule has 0 bridgehead atoms. The minimum atomic E-state index is -1.52. The van der Waals surface area contributed by atoms with Crippen molar-refractivity contribution in [1.82, 2.24) is 41.4 Å². The maximum Gasteiger partial charge on any atom is 0.327 e. The number of aromatic nitrogens is 1. The molecule has 1 aromatic heterocycles. The number of H-pyrrole nitrogens is 1. The summed E-state index contributed by atoms with van der Waals surface area (Å²) in [6.45, 7) is 9.61. The molecule has 4 rings (SSSR count). The number of rotatable bonds is 7. The van der Waals surface area contributed by atoms with Gasteiger partial charge in [-0.3, -0.25) is 28.9 Å². The van der Waals surface area contributed by atoms with E-state index in [-0.39, 0.29) is 37.0 Å². The standard InChI is InChI=1S/C35H52N8O8S/c1-19(2)15-25-31(47)36-20(3)30(46)41-29(21(4)44)33(49)39-27(35(50)51)18-52-34-23(22-9-6-7-10-24(22)40-34)16-26(32(48)38-25)37-28(45)17-43-12-8-11-42(5)13-14-43/h6-7,9-10,19-21,25-27,29,40,44H,8,11-18H2,1-5H3,(H,36,47)(H,37,45)(H,38,48)(H,39,49)(H,41,46)(H,50,51)/t20-,21-,25+,26+,27+,29+/m1/s1. The zero-order valence-electron chi connectivity index (χ0n) is 30.4. The molecule has 2 aliphatic rings. The minimum absolute atomic E-state index is 0.00428. The highest BCUT2D eigenvalue weighted by molar-refractivity contribution is 7.99. The van der Waals surface area contributed by atoms with Crippen LogP contribution in [-0.4, -0.2) is 142 Å². The van der Waals surface area contributed by atoms with Crippen LogP contribution in [0.25, 0.3) is 10.9 Å². The van der Waals surface area contributed by atoms with Crippen LogP contribution in [-0.2, 0) is 35.2 Å². The number of aliphatic hydroxyl groups is 1. The van der Waals surface area contributed by atoms with E-state index in [4.69, 9.17) is 0 Å². The molecule has 6 atom stereocenters. The zero-order chi connectivity index (χ0) is 38.1. The van der Waals surface area contributed by atoms with E-state index in [1.807, 2.05) is 50.1 Å². The van der Waals surface area contributed by atoms with Crippen LogP contribution < -0.4 is 26.6 Å². The van der Waals surface area contributed by atoms with Gasteiger partial charge in [0.15, 0.2) is 0 Å². The van der Waals surface area contributed by atoms with E-state index in [2.05, 4.69) is 36.5 Å². The SMILES string of the molecule is CC(C)C[C@@H]1NC(=O)[C@@H](NC(=O)CN2CCCN(C)CC2)Cc2c([nH]c3ccccc23)SC[C@@H](C(=O)O)NC(=O)[C@H]([C@@H](C)O)NC(=O)[C@@H](C)NC1=O. The molecule has 52 heavy (non-hydrogen) atoms. The third-order valence-electron chi connectivity index (χ3n) is 9.18. The quantitative estimate of drug-likeness (QED) is 0.179. The average molecular weight is 745 g/mol. The van der Waals surface area contributed by atoms with Gasteiger partial charge in [0.25, 0.3) is 0 Å².